The molecule has 1 aromatic carbocycles. The van der Waals surface area contributed by atoms with Crippen LogP contribution in [0.1, 0.15) is 83.6 Å². The van der Waals surface area contributed by atoms with Gasteiger partial charge in [-0.2, -0.15) is 0 Å². The Hall–Kier alpha value is -1.90. The topological polar surface area (TPSA) is 35.0 Å². The second kappa shape index (κ2) is 11.9. The zero-order valence-electron chi connectivity index (χ0n) is 18.4. The molecule has 1 aliphatic rings. The Kier molecular flexibility index (Phi) is 8.98. The fourth-order valence-electron chi connectivity index (χ4n) is 4.46. The first-order chi connectivity index (χ1) is 14.3. The molecule has 0 radical (unpaired) electrons. The molecule has 1 fully saturated rings. The number of aryl methyl sites for hydroxylation is 1. The van der Waals surface area contributed by atoms with E-state index in [9.17, 15) is 0 Å². The SMILES string of the molecule is CCCCCOc1ccc(-c2ncc(CCC3CCC(CCC)CC3)cn2)cc1. The molecular formula is C26H38N2O. The van der Waals surface area contributed by atoms with E-state index in [0.717, 1.165) is 48.4 Å². The van der Waals surface area contributed by atoms with Gasteiger partial charge in [0.2, 0.25) is 0 Å². The molecule has 0 N–H and O–H groups in total. The van der Waals surface area contributed by atoms with Crippen LogP contribution in [0.3, 0.4) is 0 Å². The van der Waals surface area contributed by atoms with E-state index in [1.165, 1.54) is 63.4 Å². The van der Waals surface area contributed by atoms with Crippen molar-refractivity contribution < 1.29 is 4.74 Å². The molecule has 2 aromatic rings. The monoisotopic (exact) mass is 394 g/mol. The Morgan fingerprint density at radius 1 is 0.828 bits per heavy atom. The number of nitrogens with zero attached hydrogens (tertiary/aromatic N) is 2. The van der Waals surface area contributed by atoms with Crippen molar-refractivity contribution in [1.82, 2.24) is 9.97 Å². The summed E-state index contributed by atoms with van der Waals surface area (Å²) in [6, 6.07) is 8.15. The van der Waals surface area contributed by atoms with E-state index in [1.807, 2.05) is 24.5 Å². The molecule has 0 amide bonds. The van der Waals surface area contributed by atoms with Crippen molar-refractivity contribution in [3.05, 3.63) is 42.2 Å². The van der Waals surface area contributed by atoms with Gasteiger partial charge in [-0.05, 0) is 60.9 Å². The first kappa shape index (κ1) is 21.8. The molecule has 1 saturated carbocycles. The minimum atomic E-state index is 0.790. The van der Waals surface area contributed by atoms with E-state index in [0.29, 0.717) is 0 Å². The third kappa shape index (κ3) is 7.13. The van der Waals surface area contributed by atoms with E-state index in [1.54, 1.807) is 0 Å². The van der Waals surface area contributed by atoms with Gasteiger partial charge >= 0.3 is 0 Å². The van der Waals surface area contributed by atoms with E-state index in [4.69, 9.17) is 4.74 Å². The van der Waals surface area contributed by atoms with Crippen molar-refractivity contribution >= 4 is 0 Å². The van der Waals surface area contributed by atoms with Crippen LogP contribution in [0.2, 0.25) is 0 Å². The summed E-state index contributed by atoms with van der Waals surface area (Å²) in [6.45, 7) is 5.31. The average molecular weight is 395 g/mol. The van der Waals surface area contributed by atoms with Crippen molar-refractivity contribution in [3.8, 4) is 17.1 Å². The minimum absolute atomic E-state index is 0.790. The van der Waals surface area contributed by atoms with Gasteiger partial charge in [0.05, 0.1) is 6.61 Å². The summed E-state index contributed by atoms with van der Waals surface area (Å²) < 4.78 is 5.79. The Bertz CT molecular complexity index is 688. The second-order valence-corrected chi connectivity index (χ2v) is 8.71. The van der Waals surface area contributed by atoms with Gasteiger partial charge in [0.25, 0.3) is 0 Å². The second-order valence-electron chi connectivity index (χ2n) is 8.71. The molecule has 1 heterocycles. The Labute approximate surface area is 177 Å². The fourth-order valence-corrected chi connectivity index (χ4v) is 4.46. The van der Waals surface area contributed by atoms with E-state index < -0.39 is 0 Å². The molecule has 3 heteroatoms. The number of hydrogen-bond acceptors (Lipinski definition) is 3. The van der Waals surface area contributed by atoms with Crippen molar-refractivity contribution in [3.63, 3.8) is 0 Å². The van der Waals surface area contributed by atoms with E-state index in [2.05, 4.69) is 35.9 Å². The first-order valence-electron chi connectivity index (χ1n) is 11.8. The van der Waals surface area contributed by atoms with Crippen molar-refractivity contribution in [2.75, 3.05) is 6.61 Å². The van der Waals surface area contributed by atoms with Crippen LogP contribution in [-0.2, 0) is 6.42 Å². The Balaban J connectivity index is 1.44. The van der Waals surface area contributed by atoms with Crippen molar-refractivity contribution in [1.29, 1.82) is 0 Å². The van der Waals surface area contributed by atoms with Crippen LogP contribution in [-0.4, -0.2) is 16.6 Å². The highest BCUT2D eigenvalue weighted by Crippen LogP contribution is 2.33. The number of unbranched alkanes of at least 4 members (excludes halogenated alkanes) is 2. The fraction of sp³-hybridized carbons (Fsp3) is 0.615. The third-order valence-electron chi connectivity index (χ3n) is 6.34. The zero-order chi connectivity index (χ0) is 20.3. The lowest BCUT2D eigenvalue weighted by atomic mass is 9.78. The molecule has 0 bridgehead atoms. The highest BCUT2D eigenvalue weighted by molar-refractivity contribution is 5.55. The van der Waals surface area contributed by atoms with Crippen LogP contribution >= 0.6 is 0 Å². The van der Waals surface area contributed by atoms with Gasteiger partial charge in [0.15, 0.2) is 5.82 Å². The van der Waals surface area contributed by atoms with Crippen LogP contribution in [0.4, 0.5) is 0 Å². The van der Waals surface area contributed by atoms with E-state index >= 15 is 0 Å². The third-order valence-corrected chi connectivity index (χ3v) is 6.34. The summed E-state index contributed by atoms with van der Waals surface area (Å²) in [5.41, 5.74) is 2.31. The molecule has 1 aromatic heterocycles. The van der Waals surface area contributed by atoms with Gasteiger partial charge < -0.3 is 4.74 Å². The largest absolute Gasteiger partial charge is 0.494 e. The molecule has 0 atom stereocenters. The molecule has 29 heavy (non-hydrogen) atoms. The molecule has 0 aliphatic heterocycles. The van der Waals surface area contributed by atoms with Gasteiger partial charge in [0, 0.05) is 18.0 Å². The summed E-state index contributed by atoms with van der Waals surface area (Å²) in [5, 5.41) is 0. The molecule has 1 aliphatic carbocycles. The maximum atomic E-state index is 5.79. The molecule has 158 valence electrons. The normalized spacial score (nSPS) is 19.2. The van der Waals surface area contributed by atoms with Gasteiger partial charge in [-0.15, -0.1) is 0 Å². The lowest BCUT2D eigenvalue weighted by Crippen LogP contribution is -2.15. The quantitative estimate of drug-likeness (QED) is 0.376. The highest BCUT2D eigenvalue weighted by Gasteiger charge is 2.20. The van der Waals surface area contributed by atoms with Crippen LogP contribution in [0, 0.1) is 11.8 Å². The summed E-state index contributed by atoms with van der Waals surface area (Å²) in [7, 11) is 0. The van der Waals surface area contributed by atoms with Gasteiger partial charge in [-0.3, -0.25) is 0 Å². The van der Waals surface area contributed by atoms with Crippen LogP contribution < -0.4 is 4.74 Å². The zero-order valence-corrected chi connectivity index (χ0v) is 18.4. The summed E-state index contributed by atoms with van der Waals surface area (Å²) in [6.07, 6.45) is 18.4. The number of aromatic nitrogens is 2. The first-order valence-corrected chi connectivity index (χ1v) is 11.8. The number of hydrogen-bond donors (Lipinski definition) is 0. The lowest BCUT2D eigenvalue weighted by Gasteiger charge is -2.28. The summed E-state index contributed by atoms with van der Waals surface area (Å²) in [5.74, 6) is 3.61. The highest BCUT2D eigenvalue weighted by atomic mass is 16.5. The predicted octanol–water partition coefficient (Wildman–Crippen LogP) is 7.25. The number of benzene rings is 1. The predicted molar refractivity (Wildman–Crippen MR) is 121 cm³/mol. The average Bonchev–Trinajstić information content (AvgIpc) is 2.77. The van der Waals surface area contributed by atoms with Gasteiger partial charge in [-0.25, -0.2) is 9.97 Å². The van der Waals surface area contributed by atoms with Crippen LogP contribution in [0.5, 0.6) is 5.75 Å². The number of ether oxygens (including phenoxy) is 1. The number of rotatable bonds is 11. The van der Waals surface area contributed by atoms with Crippen LogP contribution in [0.15, 0.2) is 36.7 Å². The summed E-state index contributed by atoms with van der Waals surface area (Å²) >= 11 is 0. The molecule has 3 rings (SSSR count). The van der Waals surface area contributed by atoms with Crippen LogP contribution in [0.25, 0.3) is 11.4 Å². The molecule has 0 unspecified atom stereocenters. The minimum Gasteiger partial charge on any atom is -0.494 e. The molecule has 0 spiro atoms. The Morgan fingerprint density at radius 2 is 1.48 bits per heavy atom. The molecule has 3 nitrogen and oxygen atoms in total. The van der Waals surface area contributed by atoms with Gasteiger partial charge in [-0.1, -0.05) is 65.2 Å². The summed E-state index contributed by atoms with van der Waals surface area (Å²) in [4.78, 5) is 9.23. The maximum absolute atomic E-state index is 5.79. The Morgan fingerprint density at radius 3 is 2.10 bits per heavy atom. The van der Waals surface area contributed by atoms with Crippen molar-refractivity contribution in [2.24, 2.45) is 11.8 Å². The van der Waals surface area contributed by atoms with Crippen molar-refractivity contribution in [2.45, 2.75) is 84.5 Å². The molecule has 0 saturated heterocycles. The maximum Gasteiger partial charge on any atom is 0.159 e. The lowest BCUT2D eigenvalue weighted by molar-refractivity contribution is 0.252. The smallest absolute Gasteiger partial charge is 0.159 e. The van der Waals surface area contributed by atoms with Gasteiger partial charge in [0.1, 0.15) is 5.75 Å². The molecular weight excluding hydrogens is 356 g/mol. The van der Waals surface area contributed by atoms with E-state index in [-0.39, 0.29) is 0 Å². The standard InChI is InChI=1S/C26H38N2O/c1-3-5-6-18-29-25-16-14-24(15-17-25)26-27-19-23(20-28-26)13-12-22-10-8-21(7-4-2)9-11-22/h14-17,19-22H,3-13,18H2,1-2H3.